The van der Waals surface area contributed by atoms with Crippen LogP contribution in [0.2, 0.25) is 5.02 Å². The first-order chi connectivity index (χ1) is 16.2. The van der Waals surface area contributed by atoms with Crippen molar-refractivity contribution in [3.63, 3.8) is 0 Å². The van der Waals surface area contributed by atoms with Crippen molar-refractivity contribution in [1.29, 1.82) is 0 Å². The van der Waals surface area contributed by atoms with E-state index in [1.54, 1.807) is 25.3 Å². The van der Waals surface area contributed by atoms with Gasteiger partial charge in [-0.15, -0.1) is 11.3 Å². The number of fused-ring (bicyclic) bond motifs is 1. The van der Waals surface area contributed by atoms with E-state index in [-0.39, 0.29) is 5.91 Å². The predicted octanol–water partition coefficient (Wildman–Crippen LogP) is 7.11. The van der Waals surface area contributed by atoms with Crippen molar-refractivity contribution < 1.29 is 9.53 Å². The number of carbonyl (C=O) groups is 1. The van der Waals surface area contributed by atoms with Crippen LogP contribution in [0, 0.1) is 13.8 Å². The van der Waals surface area contributed by atoms with Crippen LogP contribution in [0.5, 0.6) is 5.75 Å². The molecule has 0 saturated carbocycles. The molecule has 6 nitrogen and oxygen atoms in total. The number of methoxy groups -OCH3 is 1. The van der Waals surface area contributed by atoms with Crippen molar-refractivity contribution in [3.05, 3.63) is 69.3 Å². The molecule has 0 aliphatic rings. The van der Waals surface area contributed by atoms with Crippen molar-refractivity contribution in [2.24, 2.45) is 0 Å². The highest BCUT2D eigenvalue weighted by Gasteiger charge is 2.22. The first kappa shape index (κ1) is 24.0. The Kier molecular flexibility index (Phi) is 6.77. The minimum Gasteiger partial charge on any atom is -0.495 e. The van der Waals surface area contributed by atoms with E-state index in [0.717, 1.165) is 27.3 Å². The van der Waals surface area contributed by atoms with E-state index < -0.39 is 0 Å². The molecule has 0 fully saturated rings. The lowest BCUT2D eigenvalue weighted by molar-refractivity contribution is 0.103. The van der Waals surface area contributed by atoms with Crippen LogP contribution in [0.25, 0.3) is 10.2 Å². The molecular weight excluding hydrogens is 468 g/mol. The van der Waals surface area contributed by atoms with Crippen LogP contribution in [0.1, 0.15) is 46.4 Å². The van der Waals surface area contributed by atoms with Crippen LogP contribution in [0.15, 0.2) is 42.5 Å². The van der Waals surface area contributed by atoms with Crippen molar-refractivity contribution >= 4 is 56.3 Å². The number of aryl methyl sites for hydroxylation is 2. The van der Waals surface area contributed by atoms with Gasteiger partial charge < -0.3 is 15.0 Å². The number of rotatable bonds is 6. The van der Waals surface area contributed by atoms with Gasteiger partial charge in [0.25, 0.3) is 5.91 Å². The molecule has 0 aliphatic carbocycles. The molecule has 0 unspecified atom stereocenters. The second-order valence-electron chi connectivity index (χ2n) is 8.44. The average molecular weight is 495 g/mol. The number of nitrogens with one attached hydrogen (secondary N) is 1. The zero-order valence-electron chi connectivity index (χ0n) is 20.1. The van der Waals surface area contributed by atoms with Gasteiger partial charge in [0, 0.05) is 18.4 Å². The van der Waals surface area contributed by atoms with E-state index in [2.05, 4.69) is 48.4 Å². The summed E-state index contributed by atoms with van der Waals surface area (Å²) in [6.07, 6.45) is 0. The summed E-state index contributed by atoms with van der Waals surface area (Å²) in [7, 11) is 3.54. The summed E-state index contributed by atoms with van der Waals surface area (Å²) >= 11 is 7.58. The lowest BCUT2D eigenvalue weighted by Gasteiger charge is -2.20. The standard InChI is InChI=1S/C26H27ClN4O2S/c1-14(2)17-7-10-19(11-8-17)31(5)24-22-15(3)23(34-26(22)29-16(4)28-24)25(32)30-18-9-12-21(33-6)20(27)13-18/h7-14H,1-6H3,(H,30,32). The first-order valence-electron chi connectivity index (χ1n) is 11.0. The molecule has 0 atom stereocenters. The number of hydrogen-bond donors (Lipinski definition) is 1. The van der Waals surface area contributed by atoms with Crippen LogP contribution in [-0.2, 0) is 0 Å². The number of thiophene rings is 1. The zero-order chi connectivity index (χ0) is 24.6. The van der Waals surface area contributed by atoms with E-state index in [1.165, 1.54) is 16.9 Å². The normalized spacial score (nSPS) is 11.2. The number of hydrogen-bond acceptors (Lipinski definition) is 6. The van der Waals surface area contributed by atoms with Gasteiger partial charge in [-0.1, -0.05) is 37.6 Å². The quantitative estimate of drug-likeness (QED) is 0.309. The lowest BCUT2D eigenvalue weighted by Crippen LogP contribution is -2.13. The van der Waals surface area contributed by atoms with Gasteiger partial charge in [-0.25, -0.2) is 9.97 Å². The van der Waals surface area contributed by atoms with Crippen LogP contribution in [0.3, 0.4) is 0 Å². The van der Waals surface area contributed by atoms with E-state index in [4.69, 9.17) is 21.3 Å². The number of halogens is 1. The maximum Gasteiger partial charge on any atom is 0.266 e. The van der Waals surface area contributed by atoms with Gasteiger partial charge in [0.2, 0.25) is 0 Å². The number of aromatic nitrogens is 2. The second kappa shape index (κ2) is 9.60. The van der Waals surface area contributed by atoms with E-state index in [1.807, 2.05) is 25.8 Å². The van der Waals surface area contributed by atoms with Crippen molar-refractivity contribution in [2.75, 3.05) is 24.4 Å². The topological polar surface area (TPSA) is 67.3 Å². The number of benzene rings is 2. The number of amides is 1. The molecule has 0 bridgehead atoms. The van der Waals surface area contributed by atoms with Crippen molar-refractivity contribution in [2.45, 2.75) is 33.6 Å². The Balaban J connectivity index is 1.71. The molecule has 0 spiro atoms. The Morgan fingerprint density at radius 1 is 1.12 bits per heavy atom. The van der Waals surface area contributed by atoms with Crippen LogP contribution in [-0.4, -0.2) is 30.0 Å². The van der Waals surface area contributed by atoms with Gasteiger partial charge in [-0.3, -0.25) is 4.79 Å². The van der Waals surface area contributed by atoms with Gasteiger partial charge in [0.1, 0.15) is 22.2 Å². The number of anilines is 3. The first-order valence-corrected chi connectivity index (χ1v) is 12.1. The molecule has 0 saturated heterocycles. The molecule has 2 aromatic carbocycles. The number of ether oxygens (including phenoxy) is 1. The molecule has 0 aliphatic heterocycles. The summed E-state index contributed by atoms with van der Waals surface area (Å²) in [6.45, 7) is 8.16. The van der Waals surface area contributed by atoms with E-state index in [0.29, 0.717) is 33.1 Å². The Labute approximate surface area is 208 Å². The van der Waals surface area contributed by atoms with Gasteiger partial charge in [0.05, 0.1) is 22.4 Å². The zero-order valence-corrected chi connectivity index (χ0v) is 21.6. The van der Waals surface area contributed by atoms with Crippen LogP contribution >= 0.6 is 22.9 Å². The minimum absolute atomic E-state index is 0.214. The minimum atomic E-state index is -0.214. The lowest BCUT2D eigenvalue weighted by atomic mass is 10.0. The summed E-state index contributed by atoms with van der Waals surface area (Å²) in [4.78, 5) is 26.0. The monoisotopic (exact) mass is 494 g/mol. The molecule has 0 radical (unpaired) electrons. The van der Waals surface area contributed by atoms with Crippen molar-refractivity contribution in [1.82, 2.24) is 9.97 Å². The van der Waals surface area contributed by atoms with Gasteiger partial charge in [0.15, 0.2) is 0 Å². The van der Waals surface area contributed by atoms with E-state index in [9.17, 15) is 4.79 Å². The Hall–Kier alpha value is -3.16. The van der Waals surface area contributed by atoms with Gasteiger partial charge >= 0.3 is 0 Å². The molecular formula is C26H27ClN4O2S. The molecule has 34 heavy (non-hydrogen) atoms. The second-order valence-corrected chi connectivity index (χ2v) is 9.85. The highest BCUT2D eigenvalue weighted by molar-refractivity contribution is 7.20. The maximum absolute atomic E-state index is 13.2. The summed E-state index contributed by atoms with van der Waals surface area (Å²) in [5, 5.41) is 4.24. The Morgan fingerprint density at radius 3 is 2.44 bits per heavy atom. The highest BCUT2D eigenvalue weighted by Crippen LogP contribution is 2.38. The Bertz CT molecular complexity index is 1370. The Morgan fingerprint density at radius 2 is 1.82 bits per heavy atom. The fraction of sp³-hybridized carbons (Fsp3) is 0.269. The van der Waals surface area contributed by atoms with Gasteiger partial charge in [-0.2, -0.15) is 0 Å². The van der Waals surface area contributed by atoms with Gasteiger partial charge in [-0.05, 0) is 61.2 Å². The molecule has 1 amide bonds. The largest absolute Gasteiger partial charge is 0.495 e. The molecule has 2 aromatic heterocycles. The summed E-state index contributed by atoms with van der Waals surface area (Å²) in [5.41, 5.74) is 3.74. The molecule has 8 heteroatoms. The fourth-order valence-electron chi connectivity index (χ4n) is 3.82. The number of carbonyl (C=O) groups excluding carboxylic acids is 1. The molecule has 4 rings (SSSR count). The molecule has 2 heterocycles. The van der Waals surface area contributed by atoms with E-state index >= 15 is 0 Å². The molecule has 4 aromatic rings. The number of nitrogens with zero attached hydrogens (tertiary/aromatic N) is 3. The average Bonchev–Trinajstić information content (AvgIpc) is 3.14. The van der Waals surface area contributed by atoms with Crippen molar-refractivity contribution in [3.8, 4) is 5.75 Å². The predicted molar refractivity (Wildman–Crippen MR) is 141 cm³/mol. The van der Waals surface area contributed by atoms with Crippen LogP contribution in [0.4, 0.5) is 17.2 Å². The summed E-state index contributed by atoms with van der Waals surface area (Å²) in [6, 6.07) is 13.6. The third-order valence-electron chi connectivity index (χ3n) is 5.76. The molecule has 176 valence electrons. The third kappa shape index (κ3) is 4.58. The smallest absolute Gasteiger partial charge is 0.266 e. The molecule has 1 N–H and O–H groups in total. The summed E-state index contributed by atoms with van der Waals surface area (Å²) in [5.74, 6) is 2.24. The van der Waals surface area contributed by atoms with Crippen LogP contribution < -0.4 is 15.0 Å². The third-order valence-corrected chi connectivity index (χ3v) is 7.24. The maximum atomic E-state index is 13.2. The fourth-order valence-corrected chi connectivity index (χ4v) is 5.19. The highest BCUT2D eigenvalue weighted by atomic mass is 35.5. The summed E-state index contributed by atoms with van der Waals surface area (Å²) < 4.78 is 5.19. The SMILES string of the molecule is COc1ccc(NC(=O)c2sc3nc(C)nc(N(C)c4ccc(C(C)C)cc4)c3c2C)cc1Cl.